The van der Waals surface area contributed by atoms with Crippen LogP contribution in [0.15, 0.2) is 30.3 Å². The van der Waals surface area contributed by atoms with Gasteiger partial charge < -0.3 is 14.7 Å². The van der Waals surface area contributed by atoms with Crippen LogP contribution in [0.1, 0.15) is 80.6 Å². The summed E-state index contributed by atoms with van der Waals surface area (Å²) >= 11 is 0. The Morgan fingerprint density at radius 3 is 2.32 bits per heavy atom. The number of aromatic carboxylic acids is 1. The van der Waals surface area contributed by atoms with Gasteiger partial charge in [-0.2, -0.15) is 0 Å². The maximum atomic E-state index is 16.2. The van der Waals surface area contributed by atoms with Crippen LogP contribution in [0.2, 0.25) is 0 Å². The number of anilines is 1. The van der Waals surface area contributed by atoms with Gasteiger partial charge in [0.2, 0.25) is 0 Å². The molecule has 242 valence electrons. The number of amides is 1. The van der Waals surface area contributed by atoms with Gasteiger partial charge in [0.1, 0.15) is 17.2 Å². The van der Waals surface area contributed by atoms with Crippen LogP contribution in [0.25, 0.3) is 0 Å². The van der Waals surface area contributed by atoms with E-state index in [9.17, 15) is 27.9 Å². The monoisotopic (exact) mass is 625 g/mol. The third-order valence-electron chi connectivity index (χ3n) is 7.98. The van der Waals surface area contributed by atoms with Crippen LogP contribution in [0.4, 0.5) is 32.4 Å². The molecule has 12 heteroatoms. The van der Waals surface area contributed by atoms with Crippen molar-refractivity contribution >= 4 is 17.7 Å². The van der Waals surface area contributed by atoms with Gasteiger partial charge in [-0.3, -0.25) is 14.2 Å². The first kappa shape index (κ1) is 33.6. The van der Waals surface area contributed by atoms with E-state index in [2.05, 4.69) is 0 Å². The number of halogens is 5. The number of hydrogen-bond acceptors (Lipinski definition) is 5. The Hall–Kier alpha value is -3.25. The predicted octanol–water partition coefficient (Wildman–Crippen LogP) is 6.83. The van der Waals surface area contributed by atoms with Gasteiger partial charge in [-0.1, -0.05) is 6.07 Å². The number of nitrogens with zero attached hydrogens (tertiary/aromatic N) is 3. The number of likely N-dealkylation sites (tertiary alicyclic amines) is 1. The van der Waals surface area contributed by atoms with E-state index in [1.54, 1.807) is 27.7 Å². The molecular formula is C32H40F5N3O4. The molecule has 0 bridgehead atoms. The average Bonchev–Trinajstić information content (AvgIpc) is 3.34. The lowest BCUT2D eigenvalue weighted by atomic mass is 9.83. The fourth-order valence-corrected chi connectivity index (χ4v) is 6.20. The fraction of sp³-hybridized carbons (Fsp3) is 0.562. The molecular weight excluding hydrogens is 585 g/mol. The molecule has 1 saturated heterocycles. The summed E-state index contributed by atoms with van der Waals surface area (Å²) in [5.74, 6) is -6.46. The second-order valence-electron chi connectivity index (χ2n) is 12.9. The van der Waals surface area contributed by atoms with Gasteiger partial charge in [0, 0.05) is 38.2 Å². The van der Waals surface area contributed by atoms with Crippen molar-refractivity contribution in [2.75, 3.05) is 37.8 Å². The minimum Gasteiger partial charge on any atom is -0.478 e. The number of carbonyl (C=O) groups is 2. The van der Waals surface area contributed by atoms with Gasteiger partial charge >= 0.3 is 12.1 Å². The third kappa shape index (κ3) is 7.69. The number of benzene rings is 2. The molecule has 0 aliphatic carbocycles. The van der Waals surface area contributed by atoms with E-state index in [0.29, 0.717) is 43.6 Å². The summed E-state index contributed by atoms with van der Waals surface area (Å²) in [6.45, 7) is 7.49. The van der Waals surface area contributed by atoms with Crippen LogP contribution in [-0.4, -0.2) is 83.4 Å². The number of carboxylic acids is 1. The first-order valence-corrected chi connectivity index (χ1v) is 14.8. The van der Waals surface area contributed by atoms with Gasteiger partial charge in [-0.15, -0.1) is 0 Å². The molecule has 2 aromatic carbocycles. The van der Waals surface area contributed by atoms with Crippen molar-refractivity contribution in [2.24, 2.45) is 0 Å². The van der Waals surface area contributed by atoms with Crippen molar-refractivity contribution < 1.29 is 41.4 Å². The van der Waals surface area contributed by atoms with Gasteiger partial charge in [0.15, 0.2) is 0 Å². The van der Waals surface area contributed by atoms with Gasteiger partial charge in [-0.25, -0.2) is 27.2 Å². The van der Waals surface area contributed by atoms with Crippen LogP contribution >= 0.6 is 0 Å². The Balaban J connectivity index is 1.81. The summed E-state index contributed by atoms with van der Waals surface area (Å²) in [7, 11) is 0. The molecule has 0 saturated carbocycles. The summed E-state index contributed by atoms with van der Waals surface area (Å²) in [6.07, 6.45) is 0.193. The van der Waals surface area contributed by atoms with Crippen molar-refractivity contribution in [2.45, 2.75) is 83.5 Å². The molecule has 3 atom stereocenters. The Bertz CT molecular complexity index is 1350. The maximum Gasteiger partial charge on any atom is 0.415 e. The van der Waals surface area contributed by atoms with E-state index in [0.717, 1.165) is 19.1 Å². The van der Waals surface area contributed by atoms with Crippen molar-refractivity contribution in [3.63, 3.8) is 0 Å². The first-order chi connectivity index (χ1) is 20.5. The molecule has 0 spiro atoms. The number of carbonyl (C=O) groups excluding carboxylic acids is 1. The molecule has 2 aliphatic heterocycles. The number of ether oxygens (including phenoxy) is 1. The Morgan fingerprint density at radius 2 is 1.75 bits per heavy atom. The molecule has 2 aliphatic rings. The lowest BCUT2D eigenvalue weighted by molar-refractivity contribution is -0.0371. The largest absolute Gasteiger partial charge is 0.478 e. The molecule has 2 aromatic rings. The van der Waals surface area contributed by atoms with E-state index in [4.69, 9.17) is 4.74 Å². The highest BCUT2D eigenvalue weighted by atomic mass is 19.3. The number of rotatable bonds is 9. The lowest BCUT2D eigenvalue weighted by Gasteiger charge is -2.43. The van der Waals surface area contributed by atoms with Crippen LogP contribution in [0.3, 0.4) is 0 Å². The molecule has 1 amide bonds. The topological polar surface area (TPSA) is 73.3 Å². The summed E-state index contributed by atoms with van der Waals surface area (Å²) < 4.78 is 79.7. The summed E-state index contributed by atoms with van der Waals surface area (Å²) in [6, 6.07) is 3.75. The maximum absolute atomic E-state index is 16.2. The van der Waals surface area contributed by atoms with Gasteiger partial charge in [-0.05, 0) is 82.3 Å². The SMILES string of the molecule is C[C@@H]1Cc2cc(C(=O)O)ccc2[C@@H](c2c(F)cc(N(C(=O)OC(C)(C)C)[C@H]3CCN(CCCF)C3)cc2F)N1CC(C)(F)F. The zero-order valence-electron chi connectivity index (χ0n) is 25.7. The molecule has 4 rings (SSSR count). The number of carboxylic acid groups (broad SMARTS) is 1. The Labute approximate surface area is 254 Å². The first-order valence-electron chi connectivity index (χ1n) is 14.8. The lowest BCUT2D eigenvalue weighted by Crippen LogP contribution is -2.48. The van der Waals surface area contributed by atoms with Crippen LogP contribution in [-0.2, 0) is 11.2 Å². The molecule has 44 heavy (non-hydrogen) atoms. The van der Waals surface area contributed by atoms with Crippen LogP contribution in [0, 0.1) is 11.6 Å². The summed E-state index contributed by atoms with van der Waals surface area (Å²) in [5.41, 5.74) is -0.670. The molecule has 1 fully saturated rings. The highest BCUT2D eigenvalue weighted by molar-refractivity contribution is 5.89. The molecule has 1 N–H and O–H groups in total. The van der Waals surface area contributed by atoms with Crippen molar-refractivity contribution in [3.8, 4) is 0 Å². The van der Waals surface area contributed by atoms with E-state index in [1.165, 1.54) is 28.0 Å². The van der Waals surface area contributed by atoms with E-state index < -0.39 is 72.1 Å². The zero-order chi connectivity index (χ0) is 32.6. The van der Waals surface area contributed by atoms with E-state index in [-0.39, 0.29) is 17.7 Å². The van der Waals surface area contributed by atoms with Crippen molar-refractivity contribution in [3.05, 3.63) is 64.2 Å². The smallest absolute Gasteiger partial charge is 0.415 e. The van der Waals surface area contributed by atoms with Crippen molar-refractivity contribution in [1.29, 1.82) is 0 Å². The minimum atomic E-state index is -3.19. The molecule has 7 nitrogen and oxygen atoms in total. The normalized spacial score (nSPS) is 21.3. The Kier molecular flexibility index (Phi) is 9.94. The zero-order valence-corrected chi connectivity index (χ0v) is 25.7. The quantitative estimate of drug-likeness (QED) is 0.308. The molecule has 0 radical (unpaired) electrons. The fourth-order valence-electron chi connectivity index (χ4n) is 6.20. The number of hydrogen-bond donors (Lipinski definition) is 1. The van der Waals surface area contributed by atoms with Gasteiger partial charge in [0.25, 0.3) is 5.92 Å². The highest BCUT2D eigenvalue weighted by Gasteiger charge is 2.42. The Morgan fingerprint density at radius 1 is 1.09 bits per heavy atom. The van der Waals surface area contributed by atoms with E-state index >= 15 is 8.78 Å². The second kappa shape index (κ2) is 13.0. The minimum absolute atomic E-state index is 0.0228. The van der Waals surface area contributed by atoms with E-state index in [1.807, 2.05) is 4.90 Å². The van der Waals surface area contributed by atoms with Gasteiger partial charge in [0.05, 0.1) is 36.6 Å². The molecule has 2 heterocycles. The van der Waals surface area contributed by atoms with Crippen LogP contribution in [0.5, 0.6) is 0 Å². The average molecular weight is 626 g/mol. The van der Waals surface area contributed by atoms with Crippen LogP contribution < -0.4 is 4.90 Å². The number of fused-ring (bicyclic) bond motifs is 1. The number of alkyl halides is 3. The molecule has 0 aromatic heterocycles. The second-order valence-corrected chi connectivity index (χ2v) is 12.9. The molecule has 0 unspecified atom stereocenters. The highest BCUT2D eigenvalue weighted by Crippen LogP contribution is 2.43. The standard InChI is InChI=1S/C32H40F5N3O4/c1-19-13-21-14-20(29(41)42)7-8-24(21)28(39(19)18-32(5,36)37)27-25(34)15-23(16-26(27)35)40(30(43)44-31(2,3)4)22-9-12-38(17-22)11-6-10-33/h7-8,14-16,19,22,28H,6,9-13,17-18H2,1-5H3,(H,41,42)/t19-,22+,28+/m1/s1. The summed E-state index contributed by atoms with van der Waals surface area (Å²) in [4.78, 5) is 29.5. The predicted molar refractivity (Wildman–Crippen MR) is 156 cm³/mol. The summed E-state index contributed by atoms with van der Waals surface area (Å²) in [5, 5.41) is 9.48. The third-order valence-corrected chi connectivity index (χ3v) is 7.98. The van der Waals surface area contributed by atoms with Crippen molar-refractivity contribution in [1.82, 2.24) is 9.80 Å².